The predicted octanol–water partition coefficient (Wildman–Crippen LogP) is 3.15. The number of benzene rings is 1. The van der Waals surface area contributed by atoms with Crippen LogP contribution < -0.4 is 0 Å². The van der Waals surface area contributed by atoms with Crippen molar-refractivity contribution in [1.82, 2.24) is 0 Å². The molecule has 1 aromatic rings. The van der Waals surface area contributed by atoms with Gasteiger partial charge in [-0.1, -0.05) is 26.8 Å². The highest BCUT2D eigenvalue weighted by Crippen LogP contribution is 2.39. The van der Waals surface area contributed by atoms with Gasteiger partial charge in [-0.25, -0.2) is 0 Å². The van der Waals surface area contributed by atoms with E-state index in [9.17, 15) is 5.11 Å². The second kappa shape index (κ2) is 3.01. The van der Waals surface area contributed by atoms with Gasteiger partial charge in [0, 0.05) is 0 Å². The average Bonchev–Trinajstić information content (AvgIpc) is 2.45. The summed E-state index contributed by atoms with van der Waals surface area (Å²) in [6, 6.07) is 5.78. The van der Waals surface area contributed by atoms with Gasteiger partial charge in [-0.15, -0.1) is 0 Å². The zero-order valence-corrected chi connectivity index (χ0v) is 9.17. The fourth-order valence-electron chi connectivity index (χ4n) is 2.22. The van der Waals surface area contributed by atoms with E-state index in [1.165, 1.54) is 17.5 Å². The molecule has 0 amide bonds. The van der Waals surface area contributed by atoms with E-state index in [-0.39, 0.29) is 0 Å². The summed E-state index contributed by atoms with van der Waals surface area (Å²) in [6.07, 6.45) is 2.28. The van der Waals surface area contributed by atoms with Gasteiger partial charge in [0.15, 0.2) is 0 Å². The first-order chi connectivity index (χ1) is 6.47. The molecule has 14 heavy (non-hydrogen) atoms. The van der Waals surface area contributed by atoms with Gasteiger partial charge in [-0.05, 0) is 47.4 Å². The van der Waals surface area contributed by atoms with Crippen LogP contribution in [0.4, 0.5) is 0 Å². The highest BCUT2D eigenvalue weighted by Gasteiger charge is 2.30. The minimum Gasteiger partial charge on any atom is -0.508 e. The lowest BCUT2D eigenvalue weighted by molar-refractivity contribution is 0.251. The number of phenolic OH excluding ortho intramolecular Hbond substituents is 1. The summed E-state index contributed by atoms with van der Waals surface area (Å²) in [6.45, 7) is 6.89. The largest absolute Gasteiger partial charge is 0.508 e. The Bertz CT molecular complexity index is 347. The van der Waals surface area contributed by atoms with Crippen LogP contribution in [-0.4, -0.2) is 5.11 Å². The zero-order valence-electron chi connectivity index (χ0n) is 9.17. The number of hydrogen-bond acceptors (Lipinski definition) is 1. The Morgan fingerprint density at radius 2 is 1.79 bits per heavy atom. The van der Waals surface area contributed by atoms with Crippen LogP contribution >= 0.6 is 0 Å². The Hall–Kier alpha value is -0.980. The first kappa shape index (κ1) is 9.57. The summed E-state index contributed by atoms with van der Waals surface area (Å²) in [5, 5.41) is 9.39. The van der Waals surface area contributed by atoms with Gasteiger partial charge in [-0.2, -0.15) is 0 Å². The number of hydrogen-bond donors (Lipinski definition) is 1. The molecule has 1 unspecified atom stereocenters. The van der Waals surface area contributed by atoms with Gasteiger partial charge in [0.05, 0.1) is 0 Å². The summed E-state index contributed by atoms with van der Waals surface area (Å²) in [7, 11) is 0. The van der Waals surface area contributed by atoms with E-state index in [0.29, 0.717) is 11.2 Å². The molecule has 0 radical (unpaired) electrons. The minimum atomic E-state index is 0.370. The molecule has 0 saturated heterocycles. The van der Waals surface area contributed by atoms with Gasteiger partial charge >= 0.3 is 0 Å². The predicted molar refractivity (Wildman–Crippen MR) is 58.5 cm³/mol. The van der Waals surface area contributed by atoms with Crippen LogP contribution in [0.5, 0.6) is 5.75 Å². The summed E-state index contributed by atoms with van der Waals surface area (Å²) < 4.78 is 0. The number of phenols is 1. The molecule has 1 nitrogen and oxygen atoms in total. The fraction of sp³-hybridized carbons (Fsp3) is 0.538. The molecule has 1 atom stereocenters. The maximum Gasteiger partial charge on any atom is 0.115 e. The van der Waals surface area contributed by atoms with Crippen molar-refractivity contribution in [1.29, 1.82) is 0 Å². The van der Waals surface area contributed by atoms with Crippen molar-refractivity contribution >= 4 is 0 Å². The van der Waals surface area contributed by atoms with Gasteiger partial charge in [0.2, 0.25) is 0 Å². The van der Waals surface area contributed by atoms with Gasteiger partial charge in [-0.3, -0.25) is 0 Å². The van der Waals surface area contributed by atoms with E-state index in [0.717, 1.165) is 12.3 Å². The highest BCUT2D eigenvalue weighted by atomic mass is 16.3. The van der Waals surface area contributed by atoms with Crippen molar-refractivity contribution in [3.8, 4) is 5.75 Å². The monoisotopic (exact) mass is 190 g/mol. The zero-order chi connectivity index (χ0) is 10.3. The maximum absolute atomic E-state index is 9.39. The van der Waals surface area contributed by atoms with Crippen LogP contribution in [0.15, 0.2) is 18.2 Å². The Kier molecular flexibility index (Phi) is 2.06. The highest BCUT2D eigenvalue weighted by molar-refractivity contribution is 5.38. The van der Waals surface area contributed by atoms with Gasteiger partial charge in [0.25, 0.3) is 0 Å². The van der Waals surface area contributed by atoms with Crippen molar-refractivity contribution in [2.24, 2.45) is 11.3 Å². The quantitative estimate of drug-likeness (QED) is 0.666. The van der Waals surface area contributed by atoms with Crippen molar-refractivity contribution in [3.05, 3.63) is 29.3 Å². The molecule has 1 N–H and O–H groups in total. The van der Waals surface area contributed by atoms with Crippen LogP contribution in [-0.2, 0) is 12.8 Å². The molecule has 1 aliphatic carbocycles. The third-order valence-electron chi connectivity index (χ3n) is 3.35. The second-order valence-corrected chi connectivity index (χ2v) is 5.42. The number of aromatic hydroxyl groups is 1. The molecule has 1 heteroatoms. The molecule has 0 spiro atoms. The first-order valence-electron chi connectivity index (χ1n) is 5.27. The molecule has 0 saturated carbocycles. The number of rotatable bonds is 0. The van der Waals surface area contributed by atoms with Crippen LogP contribution in [0.1, 0.15) is 31.9 Å². The molecular weight excluding hydrogens is 172 g/mol. The van der Waals surface area contributed by atoms with Gasteiger partial charge in [0.1, 0.15) is 5.75 Å². The standard InChI is InChI=1S/C13H18O/c1-13(2,3)11-6-9-4-5-12(14)8-10(9)7-11/h4-5,8,11,14H,6-7H2,1-3H3. The Morgan fingerprint density at radius 3 is 2.43 bits per heavy atom. The topological polar surface area (TPSA) is 20.2 Å². The maximum atomic E-state index is 9.39. The molecule has 0 fully saturated rings. The van der Waals surface area contributed by atoms with Crippen molar-refractivity contribution in [2.75, 3.05) is 0 Å². The molecule has 0 aromatic heterocycles. The third-order valence-corrected chi connectivity index (χ3v) is 3.35. The molecule has 1 aromatic carbocycles. The smallest absolute Gasteiger partial charge is 0.115 e. The van der Waals surface area contributed by atoms with Crippen molar-refractivity contribution in [3.63, 3.8) is 0 Å². The minimum absolute atomic E-state index is 0.370. The lowest BCUT2D eigenvalue weighted by Crippen LogP contribution is -2.20. The summed E-state index contributed by atoms with van der Waals surface area (Å²) >= 11 is 0. The summed E-state index contributed by atoms with van der Waals surface area (Å²) in [4.78, 5) is 0. The second-order valence-electron chi connectivity index (χ2n) is 5.42. The Morgan fingerprint density at radius 1 is 1.14 bits per heavy atom. The Labute approximate surface area is 85.8 Å². The third kappa shape index (κ3) is 1.63. The number of fused-ring (bicyclic) bond motifs is 1. The summed E-state index contributed by atoms with van der Waals surface area (Å²) in [5.41, 5.74) is 3.13. The van der Waals surface area contributed by atoms with Crippen LogP contribution in [0, 0.1) is 11.3 Å². The van der Waals surface area contributed by atoms with E-state index in [2.05, 4.69) is 26.8 Å². The molecule has 76 valence electrons. The van der Waals surface area contributed by atoms with Gasteiger partial charge < -0.3 is 5.11 Å². The molecule has 1 aliphatic rings. The molecule has 0 heterocycles. The Balaban J connectivity index is 2.26. The van der Waals surface area contributed by atoms with Crippen molar-refractivity contribution < 1.29 is 5.11 Å². The van der Waals surface area contributed by atoms with E-state index in [4.69, 9.17) is 0 Å². The molecule has 2 rings (SSSR count). The van der Waals surface area contributed by atoms with Crippen LogP contribution in [0.2, 0.25) is 0 Å². The lowest BCUT2D eigenvalue weighted by atomic mass is 9.79. The molecule has 0 aliphatic heterocycles. The summed E-state index contributed by atoms with van der Waals surface area (Å²) in [5.74, 6) is 1.12. The normalized spacial score (nSPS) is 20.9. The lowest BCUT2D eigenvalue weighted by Gasteiger charge is -2.26. The first-order valence-corrected chi connectivity index (χ1v) is 5.27. The van der Waals surface area contributed by atoms with Crippen LogP contribution in [0.25, 0.3) is 0 Å². The van der Waals surface area contributed by atoms with Crippen LogP contribution in [0.3, 0.4) is 0 Å². The average molecular weight is 190 g/mol. The van der Waals surface area contributed by atoms with E-state index < -0.39 is 0 Å². The van der Waals surface area contributed by atoms with E-state index in [1.807, 2.05) is 6.07 Å². The van der Waals surface area contributed by atoms with Crippen molar-refractivity contribution in [2.45, 2.75) is 33.6 Å². The van der Waals surface area contributed by atoms with E-state index in [1.54, 1.807) is 6.07 Å². The van der Waals surface area contributed by atoms with E-state index >= 15 is 0 Å². The molecule has 0 bridgehead atoms. The molecular formula is C13H18O. The fourth-order valence-corrected chi connectivity index (χ4v) is 2.22. The SMILES string of the molecule is CC(C)(C)C1Cc2ccc(O)cc2C1.